The van der Waals surface area contributed by atoms with Crippen LogP contribution >= 0.6 is 0 Å². The molecular formula is C12H20N2. The van der Waals surface area contributed by atoms with E-state index < -0.39 is 0 Å². The highest BCUT2D eigenvalue weighted by Gasteiger charge is 2.04. The van der Waals surface area contributed by atoms with Gasteiger partial charge in [-0.3, -0.25) is 0 Å². The van der Waals surface area contributed by atoms with Crippen molar-refractivity contribution in [3.05, 3.63) is 36.4 Å². The molecule has 0 fully saturated rings. The lowest BCUT2D eigenvalue weighted by atomic mass is 10.00. The second-order valence-electron chi connectivity index (χ2n) is 2.81. The Kier molecular flexibility index (Phi) is 6.63. The van der Waals surface area contributed by atoms with Gasteiger partial charge in [0.1, 0.15) is 5.82 Å². The molecule has 78 valence electrons. The third-order valence-electron chi connectivity index (χ3n) is 1.95. The SMILES string of the molecule is C=CC(CC)c1cnc(C)nc1.CC. The fourth-order valence-corrected chi connectivity index (χ4v) is 1.13. The second kappa shape index (κ2) is 7.25. The van der Waals surface area contributed by atoms with E-state index in [2.05, 4.69) is 23.5 Å². The molecule has 0 bridgehead atoms. The third kappa shape index (κ3) is 3.69. The fraction of sp³-hybridized carbons (Fsp3) is 0.500. The molecule has 0 saturated heterocycles. The van der Waals surface area contributed by atoms with Crippen molar-refractivity contribution in [2.24, 2.45) is 0 Å². The molecule has 0 saturated carbocycles. The molecule has 1 aromatic heterocycles. The molecule has 0 N–H and O–H groups in total. The van der Waals surface area contributed by atoms with Crippen molar-refractivity contribution in [1.82, 2.24) is 9.97 Å². The van der Waals surface area contributed by atoms with E-state index in [1.807, 2.05) is 39.2 Å². The van der Waals surface area contributed by atoms with E-state index in [1.165, 1.54) is 0 Å². The highest BCUT2D eigenvalue weighted by Crippen LogP contribution is 2.18. The quantitative estimate of drug-likeness (QED) is 0.685. The van der Waals surface area contributed by atoms with Gasteiger partial charge in [-0.1, -0.05) is 26.8 Å². The Bertz CT molecular complexity index is 252. The van der Waals surface area contributed by atoms with Gasteiger partial charge >= 0.3 is 0 Å². The van der Waals surface area contributed by atoms with Gasteiger partial charge in [0.15, 0.2) is 0 Å². The van der Waals surface area contributed by atoms with E-state index >= 15 is 0 Å². The molecule has 0 spiro atoms. The maximum atomic E-state index is 4.14. The molecular weight excluding hydrogens is 172 g/mol. The predicted molar refractivity (Wildman–Crippen MR) is 61.3 cm³/mol. The zero-order chi connectivity index (χ0) is 11.0. The van der Waals surface area contributed by atoms with Crippen LogP contribution < -0.4 is 0 Å². The summed E-state index contributed by atoms with van der Waals surface area (Å²) in [7, 11) is 0. The summed E-state index contributed by atoms with van der Waals surface area (Å²) < 4.78 is 0. The van der Waals surface area contributed by atoms with E-state index in [9.17, 15) is 0 Å². The minimum absolute atomic E-state index is 0.394. The summed E-state index contributed by atoms with van der Waals surface area (Å²) in [5.74, 6) is 1.21. The van der Waals surface area contributed by atoms with E-state index in [4.69, 9.17) is 0 Å². The highest BCUT2D eigenvalue weighted by molar-refractivity contribution is 5.16. The van der Waals surface area contributed by atoms with Crippen LogP contribution in [0.1, 0.15) is 44.5 Å². The topological polar surface area (TPSA) is 25.8 Å². The van der Waals surface area contributed by atoms with Crippen molar-refractivity contribution in [3.63, 3.8) is 0 Å². The van der Waals surface area contributed by atoms with E-state index in [0.717, 1.165) is 17.8 Å². The van der Waals surface area contributed by atoms with Crippen LogP contribution in [-0.4, -0.2) is 9.97 Å². The van der Waals surface area contributed by atoms with Crippen molar-refractivity contribution in [2.75, 3.05) is 0 Å². The number of allylic oxidation sites excluding steroid dienone is 1. The molecule has 2 nitrogen and oxygen atoms in total. The monoisotopic (exact) mass is 192 g/mol. The van der Waals surface area contributed by atoms with E-state index in [0.29, 0.717) is 5.92 Å². The van der Waals surface area contributed by atoms with Gasteiger partial charge in [0.2, 0.25) is 0 Å². The standard InChI is InChI=1S/C10H14N2.C2H6/c1-4-9(5-2)10-6-11-8(3)12-7-10;1-2/h4,6-7,9H,1,5H2,2-3H3;1-2H3. The molecule has 0 aliphatic rings. The number of hydrogen-bond donors (Lipinski definition) is 0. The summed E-state index contributed by atoms with van der Waals surface area (Å²) in [6, 6.07) is 0. The van der Waals surface area contributed by atoms with Crippen molar-refractivity contribution < 1.29 is 0 Å². The Balaban J connectivity index is 0.000000791. The Hall–Kier alpha value is -1.18. The van der Waals surface area contributed by atoms with Crippen LogP contribution in [0.3, 0.4) is 0 Å². The summed E-state index contributed by atoms with van der Waals surface area (Å²) in [5, 5.41) is 0. The van der Waals surface area contributed by atoms with Crippen LogP contribution in [0, 0.1) is 6.92 Å². The molecule has 0 aliphatic heterocycles. The first-order chi connectivity index (χ1) is 6.77. The van der Waals surface area contributed by atoms with Gasteiger partial charge in [-0.05, 0) is 18.9 Å². The molecule has 1 rings (SSSR count). The first kappa shape index (κ1) is 12.8. The Labute approximate surface area is 87.1 Å². The Morgan fingerprint density at radius 2 is 1.86 bits per heavy atom. The number of hydrogen-bond acceptors (Lipinski definition) is 2. The molecule has 1 unspecified atom stereocenters. The summed E-state index contributed by atoms with van der Waals surface area (Å²) in [6.07, 6.45) is 6.74. The largest absolute Gasteiger partial charge is 0.241 e. The molecule has 1 atom stereocenters. The second-order valence-corrected chi connectivity index (χ2v) is 2.81. The Morgan fingerprint density at radius 1 is 1.36 bits per heavy atom. The average Bonchev–Trinajstić information content (AvgIpc) is 2.25. The van der Waals surface area contributed by atoms with Gasteiger partial charge in [0, 0.05) is 18.3 Å². The maximum Gasteiger partial charge on any atom is 0.125 e. The van der Waals surface area contributed by atoms with Gasteiger partial charge in [-0.15, -0.1) is 6.58 Å². The summed E-state index contributed by atoms with van der Waals surface area (Å²) >= 11 is 0. The molecule has 1 aromatic rings. The van der Waals surface area contributed by atoms with Gasteiger partial charge in [-0.25, -0.2) is 9.97 Å². The van der Waals surface area contributed by atoms with Crippen LogP contribution in [0.5, 0.6) is 0 Å². The zero-order valence-corrected chi connectivity index (χ0v) is 9.62. The van der Waals surface area contributed by atoms with E-state index in [-0.39, 0.29) is 0 Å². The van der Waals surface area contributed by atoms with Crippen LogP contribution in [-0.2, 0) is 0 Å². The number of aromatic nitrogens is 2. The number of nitrogens with zero attached hydrogens (tertiary/aromatic N) is 2. The summed E-state index contributed by atoms with van der Waals surface area (Å²) in [5.41, 5.74) is 1.15. The molecule has 0 radical (unpaired) electrons. The molecule has 1 heterocycles. The zero-order valence-electron chi connectivity index (χ0n) is 9.62. The summed E-state index contributed by atoms with van der Waals surface area (Å²) in [4.78, 5) is 8.27. The van der Waals surface area contributed by atoms with Crippen LogP contribution in [0.4, 0.5) is 0 Å². The van der Waals surface area contributed by atoms with E-state index in [1.54, 1.807) is 0 Å². The third-order valence-corrected chi connectivity index (χ3v) is 1.95. The molecule has 0 aromatic carbocycles. The first-order valence-corrected chi connectivity index (χ1v) is 5.19. The molecule has 0 aliphatic carbocycles. The lowest BCUT2D eigenvalue weighted by molar-refractivity contribution is 0.790. The maximum absolute atomic E-state index is 4.14. The predicted octanol–water partition coefficient (Wildman–Crippen LogP) is 3.49. The van der Waals surface area contributed by atoms with Gasteiger partial charge in [0.25, 0.3) is 0 Å². The minimum atomic E-state index is 0.394. The fourth-order valence-electron chi connectivity index (χ4n) is 1.13. The van der Waals surface area contributed by atoms with Gasteiger partial charge in [-0.2, -0.15) is 0 Å². The first-order valence-electron chi connectivity index (χ1n) is 5.19. The smallest absolute Gasteiger partial charge is 0.125 e. The average molecular weight is 192 g/mol. The van der Waals surface area contributed by atoms with Crippen molar-refractivity contribution in [1.29, 1.82) is 0 Å². The summed E-state index contributed by atoms with van der Waals surface area (Å²) in [6.45, 7) is 11.8. The van der Waals surface area contributed by atoms with Crippen LogP contribution in [0.25, 0.3) is 0 Å². The van der Waals surface area contributed by atoms with Crippen LogP contribution in [0.15, 0.2) is 25.0 Å². The van der Waals surface area contributed by atoms with Crippen molar-refractivity contribution in [2.45, 2.75) is 40.0 Å². The van der Waals surface area contributed by atoms with Gasteiger partial charge < -0.3 is 0 Å². The normalized spacial score (nSPS) is 11.1. The molecule has 2 heteroatoms. The Morgan fingerprint density at radius 3 is 2.21 bits per heavy atom. The van der Waals surface area contributed by atoms with Crippen molar-refractivity contribution >= 4 is 0 Å². The lowest BCUT2D eigenvalue weighted by Gasteiger charge is -2.08. The molecule has 14 heavy (non-hydrogen) atoms. The van der Waals surface area contributed by atoms with Gasteiger partial charge in [0.05, 0.1) is 0 Å². The lowest BCUT2D eigenvalue weighted by Crippen LogP contribution is -1.96. The molecule has 0 amide bonds. The number of rotatable bonds is 3. The minimum Gasteiger partial charge on any atom is -0.241 e. The highest BCUT2D eigenvalue weighted by atomic mass is 14.8. The van der Waals surface area contributed by atoms with Crippen molar-refractivity contribution in [3.8, 4) is 0 Å². The number of aryl methyl sites for hydroxylation is 1. The van der Waals surface area contributed by atoms with Crippen LogP contribution in [0.2, 0.25) is 0 Å².